The maximum Gasteiger partial charge on any atom is 0.258 e. The van der Waals surface area contributed by atoms with Crippen molar-refractivity contribution in [2.75, 3.05) is 19.6 Å². The fourth-order valence-corrected chi connectivity index (χ4v) is 3.56. The molecule has 1 fully saturated rings. The molecule has 1 aliphatic heterocycles. The molecule has 5 nitrogen and oxygen atoms in total. The minimum Gasteiger partial charge on any atom is -0.315 e. The molecule has 0 aromatic carbocycles. The van der Waals surface area contributed by atoms with Crippen LogP contribution in [0.25, 0.3) is 4.96 Å². The summed E-state index contributed by atoms with van der Waals surface area (Å²) in [6, 6.07) is 2.22. The Morgan fingerprint density at radius 1 is 1.60 bits per heavy atom. The molecule has 1 N–H and O–H groups in total. The van der Waals surface area contributed by atoms with Gasteiger partial charge in [0.25, 0.3) is 5.56 Å². The summed E-state index contributed by atoms with van der Waals surface area (Å²) in [5.74, 6) is 0. The number of hydrogen-bond acceptors (Lipinski definition) is 5. The fourth-order valence-electron chi connectivity index (χ4n) is 2.82. The molecular formula is C14H20N4OS. The summed E-state index contributed by atoms with van der Waals surface area (Å²) >= 11 is 1.51. The van der Waals surface area contributed by atoms with Crippen LogP contribution < -0.4 is 10.9 Å². The number of rotatable bonds is 4. The molecule has 6 heteroatoms. The number of hydrogen-bond donors (Lipinski definition) is 1. The van der Waals surface area contributed by atoms with E-state index >= 15 is 0 Å². The second kappa shape index (κ2) is 6.03. The Morgan fingerprint density at radius 2 is 2.50 bits per heavy atom. The average Bonchev–Trinajstić information content (AvgIpc) is 2.94. The molecule has 1 aliphatic rings. The van der Waals surface area contributed by atoms with Gasteiger partial charge in [0, 0.05) is 36.8 Å². The average molecular weight is 292 g/mol. The van der Waals surface area contributed by atoms with Gasteiger partial charge in [-0.2, -0.15) is 0 Å². The highest BCUT2D eigenvalue weighted by molar-refractivity contribution is 7.15. The molecular weight excluding hydrogens is 272 g/mol. The number of nitrogens with zero attached hydrogens (tertiary/aromatic N) is 3. The van der Waals surface area contributed by atoms with Crippen molar-refractivity contribution in [1.29, 1.82) is 0 Å². The standard InChI is InChI=1S/C14H20N4OS/c1-2-17(12-4-3-5-15-9-12)10-11-8-13(19)18-6-7-20-14(18)16-11/h6-8,12,15H,2-5,9-10H2,1H3. The van der Waals surface area contributed by atoms with E-state index in [9.17, 15) is 4.79 Å². The van der Waals surface area contributed by atoms with Crippen LogP contribution in [-0.2, 0) is 6.54 Å². The van der Waals surface area contributed by atoms with Gasteiger partial charge in [0.2, 0.25) is 0 Å². The summed E-state index contributed by atoms with van der Waals surface area (Å²) in [6.45, 7) is 6.07. The zero-order valence-electron chi connectivity index (χ0n) is 11.7. The topological polar surface area (TPSA) is 49.6 Å². The lowest BCUT2D eigenvalue weighted by Gasteiger charge is -2.33. The molecule has 20 heavy (non-hydrogen) atoms. The maximum absolute atomic E-state index is 12.0. The third-order valence-corrected chi connectivity index (χ3v) is 4.67. The van der Waals surface area contributed by atoms with Gasteiger partial charge < -0.3 is 5.32 Å². The Bertz CT molecular complexity index is 629. The van der Waals surface area contributed by atoms with Crippen molar-refractivity contribution in [3.63, 3.8) is 0 Å². The minimum atomic E-state index is 0.0177. The second-order valence-corrected chi connectivity index (χ2v) is 6.08. The molecule has 0 saturated carbocycles. The van der Waals surface area contributed by atoms with Crippen LogP contribution in [0.4, 0.5) is 0 Å². The van der Waals surface area contributed by atoms with Crippen molar-refractivity contribution in [1.82, 2.24) is 19.6 Å². The minimum absolute atomic E-state index is 0.0177. The first kappa shape index (κ1) is 13.7. The number of likely N-dealkylation sites (N-methyl/N-ethyl adjacent to an activating group) is 1. The Hall–Kier alpha value is -1.24. The van der Waals surface area contributed by atoms with Crippen molar-refractivity contribution < 1.29 is 0 Å². The number of aromatic nitrogens is 2. The van der Waals surface area contributed by atoms with Crippen LogP contribution in [0.3, 0.4) is 0 Å². The molecule has 0 radical (unpaired) electrons. The van der Waals surface area contributed by atoms with Gasteiger partial charge in [-0.1, -0.05) is 6.92 Å². The molecule has 3 heterocycles. The zero-order chi connectivity index (χ0) is 13.9. The van der Waals surface area contributed by atoms with E-state index in [1.165, 1.54) is 24.2 Å². The molecule has 1 unspecified atom stereocenters. The molecule has 0 amide bonds. The predicted molar refractivity (Wildman–Crippen MR) is 81.3 cm³/mol. The van der Waals surface area contributed by atoms with E-state index in [0.717, 1.165) is 36.8 Å². The highest BCUT2D eigenvalue weighted by atomic mass is 32.1. The summed E-state index contributed by atoms with van der Waals surface area (Å²) in [5, 5.41) is 5.35. The summed E-state index contributed by atoms with van der Waals surface area (Å²) in [7, 11) is 0. The van der Waals surface area contributed by atoms with Crippen molar-refractivity contribution in [3.8, 4) is 0 Å². The third kappa shape index (κ3) is 2.77. The van der Waals surface area contributed by atoms with Crippen molar-refractivity contribution >= 4 is 16.3 Å². The highest BCUT2D eigenvalue weighted by Gasteiger charge is 2.20. The third-order valence-electron chi connectivity index (χ3n) is 3.91. The largest absolute Gasteiger partial charge is 0.315 e. The fraction of sp³-hybridized carbons (Fsp3) is 0.571. The Balaban J connectivity index is 1.81. The molecule has 0 spiro atoms. The predicted octanol–water partition coefficient (Wildman–Crippen LogP) is 1.33. The van der Waals surface area contributed by atoms with Gasteiger partial charge in [-0.05, 0) is 25.9 Å². The SMILES string of the molecule is CCN(Cc1cc(=O)n2ccsc2n1)C1CCCNC1. The van der Waals surface area contributed by atoms with E-state index in [4.69, 9.17) is 0 Å². The Morgan fingerprint density at radius 3 is 3.25 bits per heavy atom. The van der Waals surface area contributed by atoms with E-state index < -0.39 is 0 Å². The normalized spacial score (nSPS) is 19.8. The molecule has 2 aromatic rings. The van der Waals surface area contributed by atoms with E-state index in [1.807, 2.05) is 5.38 Å². The molecule has 3 rings (SSSR count). The number of thiazole rings is 1. The quantitative estimate of drug-likeness (QED) is 0.923. The van der Waals surface area contributed by atoms with Gasteiger partial charge in [-0.25, -0.2) is 4.98 Å². The van der Waals surface area contributed by atoms with Crippen LogP contribution in [0, 0.1) is 0 Å². The van der Waals surface area contributed by atoms with Gasteiger partial charge in [0.15, 0.2) is 4.96 Å². The molecule has 1 atom stereocenters. The van der Waals surface area contributed by atoms with E-state index in [1.54, 1.807) is 16.7 Å². The lowest BCUT2D eigenvalue weighted by atomic mass is 10.1. The summed E-state index contributed by atoms with van der Waals surface area (Å²) in [5.41, 5.74) is 0.897. The van der Waals surface area contributed by atoms with Crippen molar-refractivity contribution in [2.24, 2.45) is 0 Å². The van der Waals surface area contributed by atoms with Gasteiger partial charge in [0.1, 0.15) is 0 Å². The van der Waals surface area contributed by atoms with Crippen LogP contribution >= 0.6 is 11.3 Å². The number of piperidine rings is 1. The summed E-state index contributed by atoms with van der Waals surface area (Å²) in [6.07, 6.45) is 4.23. The monoisotopic (exact) mass is 292 g/mol. The van der Waals surface area contributed by atoms with Gasteiger partial charge in [-0.15, -0.1) is 11.3 Å². The van der Waals surface area contributed by atoms with Gasteiger partial charge >= 0.3 is 0 Å². The first-order valence-corrected chi connectivity index (χ1v) is 8.06. The van der Waals surface area contributed by atoms with Gasteiger partial charge in [0.05, 0.1) is 5.69 Å². The first-order valence-electron chi connectivity index (χ1n) is 7.18. The smallest absolute Gasteiger partial charge is 0.258 e. The number of nitrogens with one attached hydrogen (secondary N) is 1. The van der Waals surface area contributed by atoms with Crippen LogP contribution in [0.15, 0.2) is 22.4 Å². The summed E-state index contributed by atoms with van der Waals surface area (Å²) in [4.78, 5) is 19.8. The maximum atomic E-state index is 12.0. The van der Waals surface area contributed by atoms with Crippen molar-refractivity contribution in [3.05, 3.63) is 33.7 Å². The van der Waals surface area contributed by atoms with Crippen LogP contribution in [0.1, 0.15) is 25.5 Å². The molecule has 0 bridgehead atoms. The van der Waals surface area contributed by atoms with E-state index in [-0.39, 0.29) is 5.56 Å². The number of fused-ring (bicyclic) bond motifs is 1. The first-order chi connectivity index (χ1) is 9.78. The lowest BCUT2D eigenvalue weighted by Crippen LogP contribution is -2.45. The zero-order valence-corrected chi connectivity index (χ0v) is 12.5. The van der Waals surface area contributed by atoms with Crippen LogP contribution in [0.5, 0.6) is 0 Å². The lowest BCUT2D eigenvalue weighted by molar-refractivity contribution is 0.164. The Labute approximate surface area is 122 Å². The highest BCUT2D eigenvalue weighted by Crippen LogP contribution is 2.14. The van der Waals surface area contributed by atoms with E-state index in [0.29, 0.717) is 6.04 Å². The second-order valence-electron chi connectivity index (χ2n) is 5.20. The van der Waals surface area contributed by atoms with Crippen molar-refractivity contribution in [2.45, 2.75) is 32.4 Å². The molecule has 108 valence electrons. The summed E-state index contributed by atoms with van der Waals surface area (Å²) < 4.78 is 1.60. The molecule has 2 aromatic heterocycles. The molecule has 1 saturated heterocycles. The van der Waals surface area contributed by atoms with E-state index in [2.05, 4.69) is 22.1 Å². The Kier molecular flexibility index (Phi) is 4.14. The van der Waals surface area contributed by atoms with Crippen LogP contribution in [-0.4, -0.2) is 40.0 Å². The van der Waals surface area contributed by atoms with Gasteiger partial charge in [-0.3, -0.25) is 14.1 Å². The molecule has 0 aliphatic carbocycles. The van der Waals surface area contributed by atoms with Crippen LogP contribution in [0.2, 0.25) is 0 Å².